The molecule has 4 aliphatic rings. The number of piperidine rings is 2. The predicted octanol–water partition coefficient (Wildman–Crippen LogP) is 13.9. The third-order valence-electron chi connectivity index (χ3n) is 17.4. The van der Waals surface area contributed by atoms with Crippen molar-refractivity contribution in [3.8, 4) is 22.5 Å². The minimum Gasteiger partial charge on any atom is -0.412 e. The van der Waals surface area contributed by atoms with Gasteiger partial charge in [-0.2, -0.15) is 0 Å². The van der Waals surface area contributed by atoms with Crippen molar-refractivity contribution in [2.24, 2.45) is 0 Å². The van der Waals surface area contributed by atoms with Crippen LogP contribution in [0.2, 0.25) is 4.34 Å². The maximum atomic E-state index is 6.96. The average Bonchev–Trinajstić information content (AvgIpc) is 4.43. The van der Waals surface area contributed by atoms with Gasteiger partial charge in [-0.1, -0.05) is 106 Å². The van der Waals surface area contributed by atoms with Gasteiger partial charge in [-0.05, 0) is 143 Å². The van der Waals surface area contributed by atoms with E-state index in [9.17, 15) is 0 Å². The number of imidazole rings is 2. The standard InChI is InChI=1S/C32H38ClN5S.C32H39N5S.2H2O/c1-20(18-38-19-35-26-8-7-13-34-29(26)38)37-14-10-21(11-15-37)30-36-27(28(33)39-30)24-16-22(31(2,3)4)17-25-23(24)9-12-32(25,5)6;1-21(18-37-20-34-27-8-7-13-33-29(27)37)36-14-10-22(11-15-36)30-35-28(19-38-30)25-16-23(31(2,3)4)17-26-24(25)9-12-32(26,5)6;;/h7-8,13,16-17,19,21H,1,9-12,14-15,18H2,2-6H3;7-8,13,16-17,19-20,22H,1,9-12,14-15,18H2,2-6H3;2*1H2. The molecular weight excluding hydrogens is 1040 g/mol. The molecule has 0 radical (unpaired) electrons. The highest BCUT2D eigenvalue weighted by molar-refractivity contribution is 7.16. The third kappa shape index (κ3) is 11.6. The van der Waals surface area contributed by atoms with E-state index in [-0.39, 0.29) is 32.6 Å². The number of hydrogen-bond acceptors (Lipinski definition) is 10. The number of rotatable bonds is 10. The SMILES string of the molecule is C=C(Cn1cnc2cccnc21)N1CCC(c2nc(-c3cc(C(C)(C)C)cc4c3CCC4(C)C)c(Cl)s2)CC1.C=C(Cn1cnc2cccnc21)N1CCC(c2nc(-c3cc(C(C)(C)C)cc4c3CCC4(C)C)cs2)CC1.O.O. The summed E-state index contributed by atoms with van der Waals surface area (Å²) in [4.78, 5) is 33.3. The number of pyridine rings is 2. The minimum atomic E-state index is 0. The van der Waals surface area contributed by atoms with E-state index in [1.807, 2.05) is 60.7 Å². The van der Waals surface area contributed by atoms with Crippen molar-refractivity contribution >= 4 is 56.6 Å². The van der Waals surface area contributed by atoms with Crippen LogP contribution in [0.5, 0.6) is 0 Å². The van der Waals surface area contributed by atoms with Crippen LogP contribution in [0.15, 0.2) is 104 Å². The van der Waals surface area contributed by atoms with Gasteiger partial charge in [-0.25, -0.2) is 29.9 Å². The Morgan fingerprint density at radius 2 is 1.09 bits per heavy atom. The summed E-state index contributed by atoms with van der Waals surface area (Å²) in [7, 11) is 0. The Balaban J connectivity index is 0.000000187. The van der Waals surface area contributed by atoms with Crippen LogP contribution in [-0.4, -0.2) is 86.0 Å². The van der Waals surface area contributed by atoms with Gasteiger partial charge in [0.05, 0.1) is 41.5 Å². The lowest BCUT2D eigenvalue weighted by Gasteiger charge is -2.34. The molecule has 0 amide bonds. The number of thiazole rings is 2. The molecule has 0 unspecified atom stereocenters. The van der Waals surface area contributed by atoms with Crippen LogP contribution in [0.3, 0.4) is 0 Å². The normalized spacial score (nSPS) is 17.3. The summed E-state index contributed by atoms with van der Waals surface area (Å²) in [5, 5.41) is 4.78. The fourth-order valence-electron chi connectivity index (χ4n) is 12.3. The minimum absolute atomic E-state index is 0. The molecule has 0 atom stereocenters. The fraction of sp³-hybridized carbons (Fsp3) is 0.469. The van der Waals surface area contributed by atoms with E-state index >= 15 is 0 Å². The summed E-state index contributed by atoms with van der Waals surface area (Å²) in [6.45, 7) is 37.6. The van der Waals surface area contributed by atoms with Crippen molar-refractivity contribution in [2.45, 2.75) is 167 Å². The summed E-state index contributed by atoms with van der Waals surface area (Å²) in [6.07, 6.45) is 16.3. The second-order valence-corrected chi connectivity index (χ2v) is 28.2. The molecule has 2 aromatic carbocycles. The van der Waals surface area contributed by atoms with Crippen LogP contribution in [0, 0.1) is 0 Å². The number of fused-ring (bicyclic) bond motifs is 4. The molecule has 2 saturated heterocycles. The molecule has 0 bridgehead atoms. The molecule has 12 nitrogen and oxygen atoms in total. The van der Waals surface area contributed by atoms with Gasteiger partial charge in [-0.15, -0.1) is 22.7 Å². The van der Waals surface area contributed by atoms with Gasteiger partial charge in [0.2, 0.25) is 0 Å². The largest absolute Gasteiger partial charge is 0.412 e. The van der Waals surface area contributed by atoms with Crippen molar-refractivity contribution in [3.05, 3.63) is 151 Å². The van der Waals surface area contributed by atoms with Gasteiger partial charge in [0, 0.05) is 78.3 Å². The first-order chi connectivity index (χ1) is 36.6. The first-order valence-electron chi connectivity index (χ1n) is 28.0. The van der Waals surface area contributed by atoms with Crippen molar-refractivity contribution in [1.82, 2.24) is 48.8 Å². The highest BCUT2D eigenvalue weighted by Gasteiger charge is 2.37. The molecule has 4 N–H and O–H groups in total. The van der Waals surface area contributed by atoms with E-state index in [1.54, 1.807) is 11.3 Å². The highest BCUT2D eigenvalue weighted by atomic mass is 35.5. The number of likely N-dealkylation sites (tertiary alicyclic amines) is 2. The van der Waals surface area contributed by atoms with Crippen molar-refractivity contribution in [2.75, 3.05) is 26.2 Å². The number of hydrogen-bond donors (Lipinski definition) is 0. The Kier molecular flexibility index (Phi) is 16.3. The van der Waals surface area contributed by atoms with Gasteiger partial charge in [0.15, 0.2) is 11.3 Å². The van der Waals surface area contributed by atoms with Gasteiger partial charge >= 0.3 is 0 Å². The molecule has 8 heterocycles. The average molecular weight is 1120 g/mol. The molecule has 12 rings (SSSR count). The molecule has 15 heteroatoms. The van der Waals surface area contributed by atoms with E-state index in [2.05, 4.69) is 151 Å². The van der Waals surface area contributed by atoms with Gasteiger partial charge in [-0.3, -0.25) is 0 Å². The lowest BCUT2D eigenvalue weighted by Crippen LogP contribution is -2.33. The Labute approximate surface area is 480 Å². The van der Waals surface area contributed by atoms with E-state index < -0.39 is 0 Å². The lowest BCUT2D eigenvalue weighted by atomic mass is 9.79. The molecule has 8 aromatic rings. The van der Waals surface area contributed by atoms with E-state index in [0.717, 1.165) is 115 Å². The molecule has 79 heavy (non-hydrogen) atoms. The van der Waals surface area contributed by atoms with Gasteiger partial charge in [0.25, 0.3) is 0 Å². The third-order valence-corrected chi connectivity index (χ3v) is 19.8. The topological polar surface area (TPSA) is 157 Å². The zero-order chi connectivity index (χ0) is 54.2. The summed E-state index contributed by atoms with van der Waals surface area (Å²) in [5.41, 5.74) is 20.1. The summed E-state index contributed by atoms with van der Waals surface area (Å²) < 4.78 is 5.01. The smallest absolute Gasteiger partial charge is 0.160 e. The van der Waals surface area contributed by atoms with Crippen LogP contribution in [-0.2, 0) is 47.6 Å². The summed E-state index contributed by atoms with van der Waals surface area (Å²) >= 11 is 10.5. The molecule has 2 fully saturated rings. The Hall–Kier alpha value is -5.77. The van der Waals surface area contributed by atoms with Crippen LogP contribution < -0.4 is 0 Å². The molecule has 6 aromatic heterocycles. The van der Waals surface area contributed by atoms with E-state index in [1.165, 1.54) is 73.1 Å². The summed E-state index contributed by atoms with van der Waals surface area (Å²) in [5.74, 6) is 0.945. The Bertz CT molecular complexity index is 3520. The monoisotopic (exact) mass is 1120 g/mol. The zero-order valence-electron chi connectivity index (χ0n) is 48.1. The highest BCUT2D eigenvalue weighted by Crippen LogP contribution is 2.49. The van der Waals surface area contributed by atoms with Crippen molar-refractivity contribution < 1.29 is 11.0 Å². The van der Waals surface area contributed by atoms with Gasteiger partial charge in [0.1, 0.15) is 21.1 Å². The summed E-state index contributed by atoms with van der Waals surface area (Å²) in [6, 6.07) is 17.6. The van der Waals surface area contributed by atoms with E-state index in [4.69, 9.17) is 21.6 Å². The van der Waals surface area contributed by atoms with Crippen molar-refractivity contribution in [3.63, 3.8) is 0 Å². The maximum absolute atomic E-state index is 6.96. The number of allylic oxidation sites excluding steroid dienone is 2. The predicted molar refractivity (Wildman–Crippen MR) is 328 cm³/mol. The zero-order valence-corrected chi connectivity index (χ0v) is 50.5. The first kappa shape index (κ1) is 57.9. The Morgan fingerprint density at radius 1 is 0.633 bits per heavy atom. The number of aromatic nitrogens is 8. The second kappa shape index (κ2) is 22.3. The fourth-order valence-corrected chi connectivity index (χ4v) is 14.6. The Morgan fingerprint density at radius 3 is 1.57 bits per heavy atom. The molecule has 2 aliphatic carbocycles. The molecule has 418 valence electrons. The van der Waals surface area contributed by atoms with Gasteiger partial charge < -0.3 is 29.9 Å². The quantitative estimate of drug-likeness (QED) is 0.131. The molecule has 0 saturated carbocycles. The number of halogens is 1. The number of nitrogens with zero attached hydrogens (tertiary/aromatic N) is 10. The van der Waals surface area contributed by atoms with Crippen LogP contribution >= 0.6 is 34.3 Å². The van der Waals surface area contributed by atoms with E-state index in [0.29, 0.717) is 18.4 Å². The molecule has 0 spiro atoms. The molecular formula is C64H81ClN10O2S2. The second-order valence-electron chi connectivity index (χ2n) is 25.7. The lowest BCUT2D eigenvalue weighted by molar-refractivity contribution is 0.253. The van der Waals surface area contributed by atoms with Crippen molar-refractivity contribution in [1.29, 1.82) is 0 Å². The van der Waals surface area contributed by atoms with Crippen LogP contribution in [0.4, 0.5) is 0 Å². The first-order valence-corrected chi connectivity index (χ1v) is 30.0. The van der Waals surface area contributed by atoms with Crippen LogP contribution in [0.25, 0.3) is 44.8 Å². The van der Waals surface area contributed by atoms with Crippen LogP contribution in [0.1, 0.15) is 163 Å². The number of benzene rings is 2. The maximum Gasteiger partial charge on any atom is 0.160 e. The molecule has 2 aliphatic heterocycles.